The van der Waals surface area contributed by atoms with Gasteiger partial charge in [0.2, 0.25) is 11.6 Å². The molecule has 0 aliphatic heterocycles. The molecule has 0 aliphatic carbocycles. The van der Waals surface area contributed by atoms with Gasteiger partial charge in [0.15, 0.2) is 5.88 Å². The van der Waals surface area contributed by atoms with Crippen LogP contribution in [-0.4, -0.2) is 23.2 Å². The smallest absolute Gasteiger partial charge is 0.371 e. The summed E-state index contributed by atoms with van der Waals surface area (Å²) in [5.74, 6) is -0.379. The minimum absolute atomic E-state index is 0.117. The van der Waals surface area contributed by atoms with Gasteiger partial charge in [-0.15, -0.1) is 0 Å². The molecule has 0 unspecified atom stereocenters. The number of furan rings is 1. The molecular formula is C11H10N2O4. The van der Waals surface area contributed by atoms with Crippen molar-refractivity contribution in [2.24, 2.45) is 0 Å². The third kappa shape index (κ3) is 2.54. The summed E-state index contributed by atoms with van der Waals surface area (Å²) in [4.78, 5) is 14.6. The molecule has 0 atom stereocenters. The Hall–Kier alpha value is -2.50. The quantitative estimate of drug-likeness (QED) is 0.842. The Kier molecular flexibility index (Phi) is 2.95. The third-order valence-electron chi connectivity index (χ3n) is 2.03. The molecule has 2 heterocycles. The summed E-state index contributed by atoms with van der Waals surface area (Å²) in [5, 5.41) is 11.6. The van der Waals surface area contributed by atoms with Crippen LogP contribution in [0.5, 0.6) is 5.88 Å². The molecule has 2 N–H and O–H groups in total. The lowest BCUT2D eigenvalue weighted by Gasteiger charge is -2.03. The second-order valence-electron chi connectivity index (χ2n) is 3.18. The van der Waals surface area contributed by atoms with Crippen molar-refractivity contribution in [1.29, 1.82) is 0 Å². The lowest BCUT2D eigenvalue weighted by molar-refractivity contribution is 0.0663. The van der Waals surface area contributed by atoms with Crippen LogP contribution in [0.3, 0.4) is 0 Å². The highest BCUT2D eigenvalue weighted by molar-refractivity contribution is 5.85. The lowest BCUT2D eigenvalue weighted by Crippen LogP contribution is -1.93. The first-order valence-electron chi connectivity index (χ1n) is 4.79. The first-order chi connectivity index (χ1) is 8.19. The number of anilines is 2. The summed E-state index contributed by atoms with van der Waals surface area (Å²) in [6.07, 6.45) is 1.56. The average molecular weight is 234 g/mol. The molecule has 88 valence electrons. The van der Waals surface area contributed by atoms with Crippen molar-refractivity contribution < 1.29 is 19.1 Å². The normalized spacial score (nSPS) is 9.94. The zero-order valence-corrected chi connectivity index (χ0v) is 9.01. The molecule has 2 aromatic heterocycles. The van der Waals surface area contributed by atoms with E-state index < -0.39 is 5.97 Å². The Morgan fingerprint density at radius 1 is 1.41 bits per heavy atom. The molecule has 0 fully saturated rings. The van der Waals surface area contributed by atoms with E-state index in [-0.39, 0.29) is 5.76 Å². The molecule has 0 amide bonds. The fraction of sp³-hybridized carbons (Fsp3) is 0.0909. The molecule has 6 heteroatoms. The predicted octanol–water partition coefficient (Wildman–Crippen LogP) is 2.12. The number of rotatable bonds is 4. The Morgan fingerprint density at radius 3 is 2.76 bits per heavy atom. The number of hydrogen-bond donors (Lipinski definition) is 2. The van der Waals surface area contributed by atoms with Crippen molar-refractivity contribution in [2.75, 3.05) is 12.4 Å². The molecule has 0 saturated heterocycles. The standard InChI is InChI=1S/C11H10N2O4/c1-16-9-4-2-7(6-12-9)13-10-5-3-8(17-10)11(14)15/h2-6,13H,1H3,(H,14,15). The third-order valence-corrected chi connectivity index (χ3v) is 2.03. The predicted molar refractivity (Wildman–Crippen MR) is 59.7 cm³/mol. The van der Waals surface area contributed by atoms with E-state index in [1.165, 1.54) is 19.2 Å². The highest BCUT2D eigenvalue weighted by atomic mass is 16.5. The van der Waals surface area contributed by atoms with Gasteiger partial charge in [-0.2, -0.15) is 0 Å². The minimum Gasteiger partial charge on any atom is -0.481 e. The van der Waals surface area contributed by atoms with Gasteiger partial charge >= 0.3 is 5.97 Å². The van der Waals surface area contributed by atoms with E-state index in [0.29, 0.717) is 17.5 Å². The van der Waals surface area contributed by atoms with Crippen LogP contribution >= 0.6 is 0 Å². The van der Waals surface area contributed by atoms with Crippen LogP contribution in [0, 0.1) is 0 Å². The monoisotopic (exact) mass is 234 g/mol. The van der Waals surface area contributed by atoms with Gasteiger partial charge in [0.05, 0.1) is 19.0 Å². The number of ether oxygens (including phenoxy) is 1. The zero-order chi connectivity index (χ0) is 12.3. The summed E-state index contributed by atoms with van der Waals surface area (Å²) >= 11 is 0. The van der Waals surface area contributed by atoms with Crippen molar-refractivity contribution in [2.45, 2.75) is 0 Å². The van der Waals surface area contributed by atoms with Crippen molar-refractivity contribution in [1.82, 2.24) is 4.98 Å². The van der Waals surface area contributed by atoms with Crippen LogP contribution in [0.1, 0.15) is 10.6 Å². The average Bonchev–Trinajstić information content (AvgIpc) is 2.79. The maximum absolute atomic E-state index is 10.6. The Balaban J connectivity index is 2.11. The van der Waals surface area contributed by atoms with E-state index in [1.807, 2.05) is 0 Å². The van der Waals surface area contributed by atoms with Crippen molar-refractivity contribution >= 4 is 17.5 Å². The van der Waals surface area contributed by atoms with Crippen molar-refractivity contribution in [3.63, 3.8) is 0 Å². The Bertz CT molecular complexity index is 519. The van der Waals surface area contributed by atoms with E-state index in [0.717, 1.165) is 0 Å². The number of aromatic nitrogens is 1. The van der Waals surface area contributed by atoms with Crippen LogP contribution in [0.2, 0.25) is 0 Å². The summed E-state index contributed by atoms with van der Waals surface area (Å²) in [6, 6.07) is 6.34. The first-order valence-corrected chi connectivity index (χ1v) is 4.79. The number of carboxylic acid groups (broad SMARTS) is 1. The van der Waals surface area contributed by atoms with E-state index in [2.05, 4.69) is 10.3 Å². The van der Waals surface area contributed by atoms with Gasteiger partial charge in [0.1, 0.15) is 0 Å². The number of methoxy groups -OCH3 is 1. The molecular weight excluding hydrogens is 224 g/mol. The molecule has 6 nitrogen and oxygen atoms in total. The van der Waals surface area contributed by atoms with Gasteiger partial charge in [-0.1, -0.05) is 0 Å². The number of nitrogens with one attached hydrogen (secondary N) is 1. The van der Waals surface area contributed by atoms with Gasteiger partial charge in [-0.3, -0.25) is 0 Å². The van der Waals surface area contributed by atoms with Gasteiger partial charge in [-0.25, -0.2) is 9.78 Å². The lowest BCUT2D eigenvalue weighted by atomic mass is 10.4. The van der Waals surface area contributed by atoms with E-state index in [4.69, 9.17) is 14.3 Å². The molecule has 2 rings (SSSR count). The van der Waals surface area contributed by atoms with E-state index in [1.54, 1.807) is 18.3 Å². The largest absolute Gasteiger partial charge is 0.481 e. The van der Waals surface area contributed by atoms with Crippen LogP contribution < -0.4 is 10.1 Å². The molecule has 0 saturated carbocycles. The number of carbonyl (C=O) groups is 1. The second kappa shape index (κ2) is 4.56. The zero-order valence-electron chi connectivity index (χ0n) is 9.01. The maximum Gasteiger partial charge on any atom is 0.371 e. The van der Waals surface area contributed by atoms with Crippen LogP contribution in [0.4, 0.5) is 11.6 Å². The molecule has 2 aromatic rings. The Morgan fingerprint density at radius 2 is 2.24 bits per heavy atom. The number of carboxylic acids is 1. The molecule has 0 aromatic carbocycles. The second-order valence-corrected chi connectivity index (χ2v) is 3.18. The van der Waals surface area contributed by atoms with Gasteiger partial charge in [0, 0.05) is 12.1 Å². The summed E-state index contributed by atoms with van der Waals surface area (Å²) < 4.78 is 9.95. The van der Waals surface area contributed by atoms with Crippen LogP contribution in [-0.2, 0) is 0 Å². The molecule has 0 radical (unpaired) electrons. The maximum atomic E-state index is 10.6. The fourth-order valence-electron chi connectivity index (χ4n) is 1.24. The number of pyridine rings is 1. The van der Waals surface area contributed by atoms with Crippen LogP contribution in [0.25, 0.3) is 0 Å². The van der Waals surface area contributed by atoms with E-state index in [9.17, 15) is 4.79 Å². The summed E-state index contributed by atoms with van der Waals surface area (Å²) in [7, 11) is 1.53. The number of nitrogens with zero attached hydrogens (tertiary/aromatic N) is 1. The summed E-state index contributed by atoms with van der Waals surface area (Å²) in [6.45, 7) is 0. The minimum atomic E-state index is -1.11. The van der Waals surface area contributed by atoms with Gasteiger partial charge in [-0.05, 0) is 12.1 Å². The highest BCUT2D eigenvalue weighted by Gasteiger charge is 2.08. The molecule has 17 heavy (non-hydrogen) atoms. The molecule has 0 aliphatic rings. The molecule has 0 spiro atoms. The topological polar surface area (TPSA) is 84.6 Å². The number of aromatic carboxylic acids is 1. The van der Waals surface area contributed by atoms with Crippen molar-refractivity contribution in [3.8, 4) is 5.88 Å². The van der Waals surface area contributed by atoms with E-state index >= 15 is 0 Å². The molecule has 0 bridgehead atoms. The highest BCUT2D eigenvalue weighted by Crippen LogP contribution is 2.19. The van der Waals surface area contributed by atoms with Crippen molar-refractivity contribution in [3.05, 3.63) is 36.2 Å². The fourth-order valence-corrected chi connectivity index (χ4v) is 1.24. The Labute approximate surface area is 96.9 Å². The summed E-state index contributed by atoms with van der Waals surface area (Å²) in [5.41, 5.74) is 0.678. The van der Waals surface area contributed by atoms with Gasteiger partial charge in [0.25, 0.3) is 0 Å². The number of hydrogen-bond acceptors (Lipinski definition) is 5. The van der Waals surface area contributed by atoms with Crippen LogP contribution in [0.15, 0.2) is 34.9 Å². The SMILES string of the molecule is COc1ccc(Nc2ccc(C(=O)O)o2)cn1. The first kappa shape index (κ1) is 11.0. The van der Waals surface area contributed by atoms with Gasteiger partial charge < -0.3 is 19.6 Å².